The minimum Gasteiger partial charge on any atom is -0.507 e. The maximum Gasteiger partial charge on any atom is 0.295 e. The Hall–Kier alpha value is -3.93. The molecule has 0 aliphatic carbocycles. The molecule has 1 fully saturated rings. The van der Waals surface area contributed by atoms with Crippen LogP contribution in [0.3, 0.4) is 0 Å². The maximum atomic E-state index is 13.1. The molecule has 1 aliphatic heterocycles. The minimum atomic E-state index is -0.749. The number of carbonyl (C=O) groups excluding carboxylic acids is 2. The van der Waals surface area contributed by atoms with Gasteiger partial charge in [-0.3, -0.25) is 14.6 Å². The van der Waals surface area contributed by atoms with Crippen LogP contribution in [-0.4, -0.2) is 33.3 Å². The van der Waals surface area contributed by atoms with E-state index in [1.807, 2.05) is 37.3 Å². The number of pyridine rings is 1. The van der Waals surface area contributed by atoms with Crippen molar-refractivity contribution in [2.75, 3.05) is 6.61 Å². The summed E-state index contributed by atoms with van der Waals surface area (Å²) < 4.78 is 5.62. The highest BCUT2D eigenvalue weighted by atomic mass is 16.5. The van der Waals surface area contributed by atoms with E-state index in [0.717, 1.165) is 5.56 Å². The number of ether oxygens (including phenoxy) is 1. The van der Waals surface area contributed by atoms with Crippen molar-refractivity contribution in [3.8, 4) is 5.75 Å². The van der Waals surface area contributed by atoms with Gasteiger partial charge in [0.2, 0.25) is 0 Å². The molecule has 31 heavy (non-hydrogen) atoms. The number of Topliss-reactive ketones (excluding diaryl/α,β-unsaturated/α-hetero) is 1. The number of aromatic nitrogens is 1. The summed E-state index contributed by atoms with van der Waals surface area (Å²) in [5, 5.41) is 11.0. The first-order valence-electron chi connectivity index (χ1n) is 10.1. The second-order valence-electron chi connectivity index (χ2n) is 7.16. The molecule has 6 nitrogen and oxygen atoms in total. The number of likely N-dealkylation sites (tertiary alicyclic amines) is 1. The number of hydrogen-bond acceptors (Lipinski definition) is 5. The first-order valence-corrected chi connectivity index (χ1v) is 10.1. The molecule has 2 heterocycles. The van der Waals surface area contributed by atoms with Crippen molar-refractivity contribution in [1.82, 2.24) is 9.88 Å². The molecule has 0 bridgehead atoms. The predicted octanol–water partition coefficient (Wildman–Crippen LogP) is 4.10. The van der Waals surface area contributed by atoms with Crippen LogP contribution < -0.4 is 4.74 Å². The van der Waals surface area contributed by atoms with Gasteiger partial charge < -0.3 is 14.7 Å². The molecule has 1 unspecified atom stereocenters. The Balaban J connectivity index is 1.86. The molecule has 0 saturated carbocycles. The molecule has 0 radical (unpaired) electrons. The topological polar surface area (TPSA) is 79.7 Å². The van der Waals surface area contributed by atoms with Crippen LogP contribution in [0.4, 0.5) is 0 Å². The van der Waals surface area contributed by atoms with Crippen molar-refractivity contribution >= 4 is 17.4 Å². The number of rotatable bonds is 6. The summed E-state index contributed by atoms with van der Waals surface area (Å²) in [5.74, 6) is -0.934. The lowest BCUT2D eigenvalue weighted by atomic mass is 9.95. The average molecular weight is 414 g/mol. The van der Waals surface area contributed by atoms with Crippen LogP contribution in [0.25, 0.3) is 5.76 Å². The van der Waals surface area contributed by atoms with E-state index in [1.54, 1.807) is 48.8 Å². The molecule has 156 valence electrons. The Morgan fingerprint density at radius 3 is 2.58 bits per heavy atom. The van der Waals surface area contributed by atoms with Crippen LogP contribution in [0.2, 0.25) is 0 Å². The molecule has 0 spiro atoms. The van der Waals surface area contributed by atoms with Crippen LogP contribution in [0.1, 0.15) is 29.7 Å². The smallest absolute Gasteiger partial charge is 0.295 e. The van der Waals surface area contributed by atoms with E-state index in [2.05, 4.69) is 4.98 Å². The molecule has 1 amide bonds. The van der Waals surface area contributed by atoms with Crippen LogP contribution in [0.5, 0.6) is 5.75 Å². The highest BCUT2D eigenvalue weighted by Crippen LogP contribution is 2.41. The van der Waals surface area contributed by atoms with Gasteiger partial charge in [-0.1, -0.05) is 48.5 Å². The maximum absolute atomic E-state index is 13.1. The van der Waals surface area contributed by atoms with E-state index >= 15 is 0 Å². The van der Waals surface area contributed by atoms with Gasteiger partial charge in [-0.15, -0.1) is 0 Å². The molecule has 2 aromatic carbocycles. The molecule has 1 aliphatic rings. The lowest BCUT2D eigenvalue weighted by Gasteiger charge is -2.25. The summed E-state index contributed by atoms with van der Waals surface area (Å²) in [6.07, 6.45) is 3.31. The lowest BCUT2D eigenvalue weighted by Crippen LogP contribution is -2.29. The van der Waals surface area contributed by atoms with Gasteiger partial charge in [0, 0.05) is 24.5 Å². The number of ketones is 1. The summed E-state index contributed by atoms with van der Waals surface area (Å²) in [4.78, 5) is 31.7. The highest BCUT2D eigenvalue weighted by molar-refractivity contribution is 6.46. The summed E-state index contributed by atoms with van der Waals surface area (Å²) in [7, 11) is 0. The van der Waals surface area contributed by atoms with E-state index in [9.17, 15) is 14.7 Å². The summed E-state index contributed by atoms with van der Waals surface area (Å²) >= 11 is 0. The molecular formula is C25H22N2O4. The minimum absolute atomic E-state index is 0.0636. The summed E-state index contributed by atoms with van der Waals surface area (Å²) in [6, 6.07) is 18.9. The van der Waals surface area contributed by atoms with Crippen molar-refractivity contribution in [3.05, 3.63) is 101 Å². The number of nitrogens with zero attached hydrogens (tertiary/aromatic N) is 2. The average Bonchev–Trinajstić information content (AvgIpc) is 3.05. The largest absolute Gasteiger partial charge is 0.507 e. The van der Waals surface area contributed by atoms with Crippen molar-refractivity contribution < 1.29 is 19.4 Å². The van der Waals surface area contributed by atoms with Gasteiger partial charge in [0.05, 0.1) is 18.2 Å². The zero-order valence-corrected chi connectivity index (χ0v) is 17.1. The second-order valence-corrected chi connectivity index (χ2v) is 7.16. The van der Waals surface area contributed by atoms with Crippen LogP contribution >= 0.6 is 0 Å². The normalized spacial score (nSPS) is 17.7. The molecule has 4 rings (SSSR count). The van der Waals surface area contributed by atoms with Crippen LogP contribution in [0, 0.1) is 0 Å². The Morgan fingerprint density at radius 2 is 1.87 bits per heavy atom. The van der Waals surface area contributed by atoms with E-state index in [-0.39, 0.29) is 17.9 Å². The number of benzene rings is 2. The molecule has 6 heteroatoms. The van der Waals surface area contributed by atoms with Crippen molar-refractivity contribution in [2.45, 2.75) is 19.5 Å². The van der Waals surface area contributed by atoms with Gasteiger partial charge in [0.25, 0.3) is 11.7 Å². The molecule has 1 aromatic heterocycles. The fraction of sp³-hybridized carbons (Fsp3) is 0.160. The zero-order valence-electron chi connectivity index (χ0n) is 17.1. The number of amides is 1. The highest BCUT2D eigenvalue weighted by Gasteiger charge is 2.46. The number of carbonyl (C=O) groups is 2. The van der Waals surface area contributed by atoms with Gasteiger partial charge in [0.1, 0.15) is 11.5 Å². The van der Waals surface area contributed by atoms with E-state index in [1.165, 1.54) is 4.90 Å². The number of aliphatic hydroxyl groups excluding tert-OH is 1. The van der Waals surface area contributed by atoms with Gasteiger partial charge in [-0.05, 0) is 36.2 Å². The number of hydrogen-bond donors (Lipinski definition) is 1. The van der Waals surface area contributed by atoms with Crippen molar-refractivity contribution in [1.29, 1.82) is 0 Å². The first-order chi connectivity index (χ1) is 15.1. The third-order valence-electron chi connectivity index (χ3n) is 5.15. The first kappa shape index (κ1) is 20.3. The number of aliphatic hydroxyl groups is 1. The molecule has 1 atom stereocenters. The molecular weight excluding hydrogens is 392 g/mol. The van der Waals surface area contributed by atoms with Crippen molar-refractivity contribution in [2.24, 2.45) is 0 Å². The predicted molar refractivity (Wildman–Crippen MR) is 116 cm³/mol. The standard InChI is InChI=1S/C25H22N2O4/c1-2-31-20-12-6-11-19(14-20)22-21(23(28)18-9-4-3-5-10-18)24(29)25(30)27(22)16-17-8-7-13-26-15-17/h3-15,22,28H,2,16H2,1H3/b23-21+. The third-order valence-corrected chi connectivity index (χ3v) is 5.15. The van der Waals surface area contributed by atoms with E-state index in [4.69, 9.17) is 4.74 Å². The van der Waals surface area contributed by atoms with Gasteiger partial charge in [0.15, 0.2) is 0 Å². The second kappa shape index (κ2) is 8.83. The zero-order chi connectivity index (χ0) is 21.8. The van der Waals surface area contributed by atoms with Gasteiger partial charge in [-0.25, -0.2) is 0 Å². The summed E-state index contributed by atoms with van der Waals surface area (Å²) in [6.45, 7) is 2.56. The fourth-order valence-corrected chi connectivity index (χ4v) is 3.77. The monoisotopic (exact) mass is 414 g/mol. The Morgan fingerprint density at radius 1 is 1.06 bits per heavy atom. The molecule has 1 saturated heterocycles. The summed E-state index contributed by atoms with van der Waals surface area (Å²) in [5.41, 5.74) is 2.02. The van der Waals surface area contributed by atoms with Crippen molar-refractivity contribution in [3.63, 3.8) is 0 Å². The Kier molecular flexibility index (Phi) is 5.80. The van der Waals surface area contributed by atoms with Gasteiger partial charge >= 0.3 is 0 Å². The molecule has 1 N–H and O–H groups in total. The quantitative estimate of drug-likeness (QED) is 0.373. The molecule has 3 aromatic rings. The van der Waals surface area contributed by atoms with Crippen LogP contribution in [0.15, 0.2) is 84.7 Å². The van der Waals surface area contributed by atoms with Gasteiger partial charge in [-0.2, -0.15) is 0 Å². The van der Waals surface area contributed by atoms with E-state index in [0.29, 0.717) is 23.5 Å². The SMILES string of the molecule is CCOc1cccc(C2/C(=C(\O)c3ccccc3)C(=O)C(=O)N2Cc2cccnc2)c1. The lowest BCUT2D eigenvalue weighted by molar-refractivity contribution is -0.140. The Bertz CT molecular complexity index is 1130. The van der Waals surface area contributed by atoms with Crippen LogP contribution in [-0.2, 0) is 16.1 Å². The van der Waals surface area contributed by atoms with E-state index < -0.39 is 17.7 Å². The fourth-order valence-electron chi connectivity index (χ4n) is 3.77. The third kappa shape index (κ3) is 4.05. The Labute approximate surface area is 180 Å².